The summed E-state index contributed by atoms with van der Waals surface area (Å²) in [5.74, 6) is -0.217. The van der Waals surface area contributed by atoms with Gasteiger partial charge in [0.2, 0.25) is 11.7 Å². The topological polar surface area (TPSA) is 77.1 Å². The van der Waals surface area contributed by atoms with Crippen molar-refractivity contribution in [2.75, 3.05) is 33.2 Å². The minimum atomic E-state index is -0.668. The Morgan fingerprint density at radius 1 is 1.00 bits per heavy atom. The van der Waals surface area contributed by atoms with Gasteiger partial charge in [-0.2, -0.15) is 0 Å². The van der Waals surface area contributed by atoms with Crippen LogP contribution in [0.15, 0.2) is 59.1 Å². The van der Waals surface area contributed by atoms with E-state index in [1.807, 2.05) is 6.07 Å². The maximum Gasteiger partial charge on any atom is 0.255 e. The second kappa shape index (κ2) is 9.72. The molecule has 1 atom stereocenters. The van der Waals surface area contributed by atoms with Crippen LogP contribution < -0.4 is 19.5 Å². The highest BCUT2D eigenvalue weighted by atomic mass is 79.9. The van der Waals surface area contributed by atoms with E-state index in [1.54, 1.807) is 24.3 Å². The molecule has 176 valence electrons. The number of ether oxygens (including phenoxy) is 3. The van der Waals surface area contributed by atoms with Gasteiger partial charge in [-0.1, -0.05) is 28.1 Å². The van der Waals surface area contributed by atoms with E-state index in [-0.39, 0.29) is 18.0 Å². The molecule has 2 amide bonds. The predicted octanol–water partition coefficient (Wildman–Crippen LogP) is 4.80. The SMILES string of the molecule is COc1cc(C(=O)N2CC(=O)Nc3ccc(Br)cc3[C@H]2c2ccc(F)cc2)cc(OC)c1OC. The number of amides is 2. The molecule has 0 unspecified atom stereocenters. The molecule has 4 rings (SSSR count). The number of hydrogen-bond acceptors (Lipinski definition) is 5. The molecule has 1 heterocycles. The third kappa shape index (κ3) is 4.43. The molecule has 34 heavy (non-hydrogen) atoms. The van der Waals surface area contributed by atoms with Crippen LogP contribution >= 0.6 is 15.9 Å². The molecular formula is C25H22BrFN2O5. The van der Waals surface area contributed by atoms with Gasteiger partial charge in [0, 0.05) is 21.3 Å². The third-order valence-corrected chi connectivity index (χ3v) is 6.06. The molecular weight excluding hydrogens is 507 g/mol. The van der Waals surface area contributed by atoms with Crippen LogP contribution in [-0.2, 0) is 4.79 Å². The first-order valence-electron chi connectivity index (χ1n) is 10.3. The summed E-state index contributed by atoms with van der Waals surface area (Å²) in [7, 11) is 4.39. The number of nitrogens with zero attached hydrogens (tertiary/aromatic N) is 1. The average molecular weight is 529 g/mol. The largest absolute Gasteiger partial charge is 0.493 e. The van der Waals surface area contributed by atoms with Gasteiger partial charge < -0.3 is 24.4 Å². The molecule has 3 aromatic rings. The molecule has 7 nitrogen and oxygen atoms in total. The molecule has 0 bridgehead atoms. The summed E-state index contributed by atoms with van der Waals surface area (Å²) in [6.45, 7) is -0.218. The van der Waals surface area contributed by atoms with Gasteiger partial charge in [-0.25, -0.2) is 4.39 Å². The van der Waals surface area contributed by atoms with Crippen molar-refractivity contribution in [2.45, 2.75) is 6.04 Å². The Morgan fingerprint density at radius 2 is 1.65 bits per heavy atom. The molecule has 3 aromatic carbocycles. The Labute approximate surface area is 204 Å². The van der Waals surface area contributed by atoms with E-state index in [4.69, 9.17) is 14.2 Å². The van der Waals surface area contributed by atoms with Crippen molar-refractivity contribution in [1.82, 2.24) is 4.90 Å². The molecule has 0 aromatic heterocycles. The van der Waals surface area contributed by atoms with Gasteiger partial charge in [0.05, 0.1) is 27.4 Å². The summed E-state index contributed by atoms with van der Waals surface area (Å²) < 4.78 is 30.6. The quantitative estimate of drug-likeness (QED) is 0.514. The summed E-state index contributed by atoms with van der Waals surface area (Å²) in [5.41, 5.74) is 2.15. The summed E-state index contributed by atoms with van der Waals surface area (Å²) in [5, 5.41) is 2.86. The second-order valence-corrected chi connectivity index (χ2v) is 8.50. The number of methoxy groups -OCH3 is 3. The predicted molar refractivity (Wildman–Crippen MR) is 128 cm³/mol. The first-order valence-corrected chi connectivity index (χ1v) is 11.1. The minimum Gasteiger partial charge on any atom is -0.493 e. The first kappa shape index (κ1) is 23.6. The van der Waals surface area contributed by atoms with Gasteiger partial charge in [0.15, 0.2) is 11.5 Å². The van der Waals surface area contributed by atoms with E-state index in [1.165, 1.54) is 50.5 Å². The highest BCUT2D eigenvalue weighted by Gasteiger charge is 2.35. The van der Waals surface area contributed by atoms with Crippen LogP contribution in [0.3, 0.4) is 0 Å². The van der Waals surface area contributed by atoms with Crippen LogP contribution in [0.1, 0.15) is 27.5 Å². The molecule has 1 aliphatic rings. The van der Waals surface area contributed by atoms with Crippen molar-refractivity contribution in [3.63, 3.8) is 0 Å². The lowest BCUT2D eigenvalue weighted by molar-refractivity contribution is -0.117. The fraction of sp³-hybridized carbons (Fsp3) is 0.200. The van der Waals surface area contributed by atoms with Gasteiger partial charge in [-0.05, 0) is 48.0 Å². The van der Waals surface area contributed by atoms with E-state index in [9.17, 15) is 14.0 Å². The molecule has 0 radical (unpaired) electrons. The van der Waals surface area contributed by atoms with Crippen LogP contribution in [0.4, 0.5) is 10.1 Å². The van der Waals surface area contributed by atoms with Crippen molar-refractivity contribution < 1.29 is 28.2 Å². The Balaban J connectivity index is 1.90. The van der Waals surface area contributed by atoms with Crippen LogP contribution in [0.2, 0.25) is 0 Å². The van der Waals surface area contributed by atoms with E-state index in [0.29, 0.717) is 34.1 Å². The number of carbonyl (C=O) groups is 2. The van der Waals surface area contributed by atoms with Gasteiger partial charge in [-0.15, -0.1) is 0 Å². The summed E-state index contributed by atoms with van der Waals surface area (Å²) in [6.07, 6.45) is 0. The van der Waals surface area contributed by atoms with Gasteiger partial charge in [0.1, 0.15) is 12.4 Å². The van der Waals surface area contributed by atoms with Crippen molar-refractivity contribution in [3.8, 4) is 17.2 Å². The number of rotatable bonds is 5. The zero-order chi connectivity index (χ0) is 24.4. The number of carbonyl (C=O) groups excluding carboxylic acids is 2. The van der Waals surface area contributed by atoms with Crippen molar-refractivity contribution in [3.05, 3.63) is 81.6 Å². The number of hydrogen-bond donors (Lipinski definition) is 1. The summed E-state index contributed by atoms with van der Waals surface area (Å²) in [6, 6.07) is 13.7. The fourth-order valence-corrected chi connectivity index (χ4v) is 4.42. The van der Waals surface area contributed by atoms with Crippen LogP contribution in [0.25, 0.3) is 0 Å². The van der Waals surface area contributed by atoms with Gasteiger partial charge in [0.25, 0.3) is 5.91 Å². The smallest absolute Gasteiger partial charge is 0.255 e. The Morgan fingerprint density at radius 3 is 2.24 bits per heavy atom. The average Bonchev–Trinajstić information content (AvgIpc) is 2.98. The van der Waals surface area contributed by atoms with Crippen LogP contribution in [-0.4, -0.2) is 44.6 Å². The number of benzene rings is 3. The number of nitrogens with one attached hydrogen (secondary N) is 1. The van der Waals surface area contributed by atoms with Crippen molar-refractivity contribution in [2.24, 2.45) is 0 Å². The number of fused-ring (bicyclic) bond motifs is 1. The Kier molecular flexibility index (Phi) is 6.74. The maximum absolute atomic E-state index is 13.9. The second-order valence-electron chi connectivity index (χ2n) is 7.58. The molecule has 0 saturated carbocycles. The molecule has 0 aliphatic carbocycles. The number of anilines is 1. The summed E-state index contributed by atoms with van der Waals surface area (Å²) in [4.78, 5) is 28.1. The van der Waals surface area contributed by atoms with E-state index >= 15 is 0 Å². The maximum atomic E-state index is 13.9. The number of halogens is 2. The molecule has 0 saturated heterocycles. The highest BCUT2D eigenvalue weighted by Crippen LogP contribution is 2.41. The minimum absolute atomic E-state index is 0.218. The Hall–Kier alpha value is -3.59. The summed E-state index contributed by atoms with van der Waals surface area (Å²) >= 11 is 3.48. The fourth-order valence-electron chi connectivity index (χ4n) is 4.04. The monoisotopic (exact) mass is 528 g/mol. The molecule has 1 aliphatic heterocycles. The van der Waals surface area contributed by atoms with E-state index in [2.05, 4.69) is 21.2 Å². The van der Waals surface area contributed by atoms with Gasteiger partial charge in [-0.3, -0.25) is 9.59 Å². The van der Waals surface area contributed by atoms with Crippen molar-refractivity contribution in [1.29, 1.82) is 0 Å². The van der Waals surface area contributed by atoms with Crippen LogP contribution in [0.5, 0.6) is 17.2 Å². The molecule has 0 fully saturated rings. The first-order chi connectivity index (χ1) is 16.4. The lowest BCUT2D eigenvalue weighted by Gasteiger charge is -2.31. The standard InChI is InChI=1S/C25H22BrFN2O5/c1-32-20-10-15(11-21(33-2)24(20)34-3)25(31)29-13-22(30)28-19-9-6-16(26)12-18(19)23(29)14-4-7-17(27)8-5-14/h4-12,23H,13H2,1-3H3,(H,28,30)/t23-/m1/s1. The lowest BCUT2D eigenvalue weighted by Crippen LogP contribution is -2.39. The zero-order valence-corrected chi connectivity index (χ0v) is 20.3. The van der Waals surface area contributed by atoms with E-state index in [0.717, 1.165) is 4.47 Å². The normalized spacial score (nSPS) is 15.1. The molecule has 9 heteroatoms. The Bertz CT molecular complexity index is 1220. The van der Waals surface area contributed by atoms with E-state index < -0.39 is 17.8 Å². The zero-order valence-electron chi connectivity index (χ0n) is 18.7. The van der Waals surface area contributed by atoms with Crippen molar-refractivity contribution >= 4 is 33.4 Å². The highest BCUT2D eigenvalue weighted by molar-refractivity contribution is 9.10. The lowest BCUT2D eigenvalue weighted by atomic mass is 9.95. The molecule has 1 N–H and O–H groups in total. The third-order valence-electron chi connectivity index (χ3n) is 5.57. The van der Waals surface area contributed by atoms with Gasteiger partial charge >= 0.3 is 0 Å². The molecule has 0 spiro atoms. The van der Waals surface area contributed by atoms with Crippen LogP contribution in [0, 0.1) is 5.82 Å².